The minimum atomic E-state index is -0.270. The van der Waals surface area contributed by atoms with Gasteiger partial charge in [-0.1, -0.05) is 37.9 Å². The van der Waals surface area contributed by atoms with Crippen LogP contribution in [-0.2, 0) is 0 Å². The lowest BCUT2D eigenvalue weighted by molar-refractivity contribution is 0.409. The van der Waals surface area contributed by atoms with Gasteiger partial charge in [-0.3, -0.25) is 0 Å². The Balaban J connectivity index is 2.51. The second-order valence-electron chi connectivity index (χ2n) is 4.25. The lowest BCUT2D eigenvalue weighted by atomic mass is 10.00. The molecule has 0 aliphatic carbocycles. The van der Waals surface area contributed by atoms with Gasteiger partial charge >= 0.3 is 0 Å². The number of benzene rings is 2. The van der Waals surface area contributed by atoms with Crippen molar-refractivity contribution in [3.63, 3.8) is 0 Å². The minimum absolute atomic E-state index is 0.115. The molecular formula is C15H13Br2FO. The minimum Gasteiger partial charge on any atom is -0.496 e. The van der Waals surface area contributed by atoms with Gasteiger partial charge in [0.25, 0.3) is 0 Å². The summed E-state index contributed by atoms with van der Waals surface area (Å²) in [5.41, 5.74) is 3.00. The fourth-order valence-electron chi connectivity index (χ4n) is 1.96. The Morgan fingerprint density at radius 3 is 2.53 bits per heavy atom. The van der Waals surface area contributed by atoms with Gasteiger partial charge in [-0.15, -0.1) is 0 Å². The zero-order valence-electron chi connectivity index (χ0n) is 10.6. The maximum Gasteiger partial charge on any atom is 0.123 e. The van der Waals surface area contributed by atoms with Gasteiger partial charge in [0.15, 0.2) is 0 Å². The molecule has 1 atom stereocenters. The molecule has 0 aliphatic heterocycles. The van der Waals surface area contributed by atoms with Crippen molar-refractivity contribution in [3.8, 4) is 5.75 Å². The lowest BCUT2D eigenvalue weighted by Gasteiger charge is -2.17. The summed E-state index contributed by atoms with van der Waals surface area (Å²) in [6, 6.07) is 10.6. The number of rotatable bonds is 3. The zero-order valence-corrected chi connectivity index (χ0v) is 13.8. The first-order valence-corrected chi connectivity index (χ1v) is 7.47. The molecule has 0 radical (unpaired) electrons. The molecule has 0 amide bonds. The predicted octanol–water partition coefficient (Wildman–Crippen LogP) is 5.39. The summed E-state index contributed by atoms with van der Waals surface area (Å²) in [6.07, 6.45) is 0. The molecule has 0 aromatic heterocycles. The van der Waals surface area contributed by atoms with Crippen LogP contribution in [-0.4, -0.2) is 7.11 Å². The summed E-state index contributed by atoms with van der Waals surface area (Å²) < 4.78 is 19.8. The van der Waals surface area contributed by atoms with Gasteiger partial charge in [0.2, 0.25) is 0 Å². The van der Waals surface area contributed by atoms with E-state index in [-0.39, 0.29) is 10.6 Å². The molecule has 1 nitrogen and oxygen atoms in total. The van der Waals surface area contributed by atoms with Crippen LogP contribution in [0.1, 0.15) is 21.5 Å². The summed E-state index contributed by atoms with van der Waals surface area (Å²) in [6.45, 7) is 2.03. The highest BCUT2D eigenvalue weighted by atomic mass is 79.9. The van der Waals surface area contributed by atoms with Crippen molar-refractivity contribution in [1.82, 2.24) is 0 Å². The van der Waals surface area contributed by atoms with E-state index in [1.54, 1.807) is 13.2 Å². The first kappa shape index (κ1) is 14.5. The number of alkyl halides is 1. The van der Waals surface area contributed by atoms with Gasteiger partial charge in [-0.05, 0) is 48.4 Å². The summed E-state index contributed by atoms with van der Waals surface area (Å²) in [7, 11) is 1.59. The SMILES string of the molecule is COc1ccc(F)cc1C(Br)c1cc(Br)ccc1C. The number of methoxy groups -OCH3 is 1. The largest absolute Gasteiger partial charge is 0.496 e. The Morgan fingerprint density at radius 2 is 1.84 bits per heavy atom. The van der Waals surface area contributed by atoms with E-state index in [1.807, 2.05) is 25.1 Å². The van der Waals surface area contributed by atoms with Crippen LogP contribution >= 0.6 is 31.9 Å². The molecule has 0 heterocycles. The molecule has 2 aromatic rings. The Hall–Kier alpha value is -0.870. The van der Waals surface area contributed by atoms with Crippen LogP contribution in [0.2, 0.25) is 0 Å². The van der Waals surface area contributed by atoms with Crippen LogP contribution in [0, 0.1) is 12.7 Å². The first-order valence-electron chi connectivity index (χ1n) is 5.76. The van der Waals surface area contributed by atoms with Crippen LogP contribution in [0.5, 0.6) is 5.75 Å². The van der Waals surface area contributed by atoms with E-state index in [9.17, 15) is 4.39 Å². The number of halogens is 3. The standard InChI is InChI=1S/C15H13Br2FO/c1-9-3-4-10(16)7-12(9)15(17)13-8-11(18)5-6-14(13)19-2/h3-8,15H,1-2H3. The molecule has 4 heteroatoms. The molecular weight excluding hydrogens is 375 g/mol. The fourth-order valence-corrected chi connectivity index (χ4v) is 3.19. The van der Waals surface area contributed by atoms with E-state index < -0.39 is 0 Å². The number of hydrogen-bond acceptors (Lipinski definition) is 1. The van der Waals surface area contributed by atoms with Crippen molar-refractivity contribution in [1.29, 1.82) is 0 Å². The normalized spacial score (nSPS) is 12.3. The molecule has 0 bridgehead atoms. The number of ether oxygens (including phenoxy) is 1. The van der Waals surface area contributed by atoms with Crippen molar-refractivity contribution < 1.29 is 9.13 Å². The molecule has 19 heavy (non-hydrogen) atoms. The van der Waals surface area contributed by atoms with Crippen LogP contribution in [0.15, 0.2) is 40.9 Å². The third kappa shape index (κ3) is 3.18. The summed E-state index contributed by atoms with van der Waals surface area (Å²) in [4.78, 5) is -0.115. The average molecular weight is 388 g/mol. The van der Waals surface area contributed by atoms with Crippen LogP contribution < -0.4 is 4.74 Å². The second-order valence-corrected chi connectivity index (χ2v) is 6.08. The van der Waals surface area contributed by atoms with Crippen molar-refractivity contribution in [2.24, 2.45) is 0 Å². The highest BCUT2D eigenvalue weighted by molar-refractivity contribution is 9.10. The first-order chi connectivity index (χ1) is 9.02. The van der Waals surface area contributed by atoms with Crippen LogP contribution in [0.3, 0.4) is 0 Å². The Kier molecular flexibility index (Phi) is 4.63. The third-order valence-corrected chi connectivity index (χ3v) is 4.46. The molecule has 0 N–H and O–H groups in total. The highest BCUT2D eigenvalue weighted by Crippen LogP contribution is 2.39. The summed E-state index contributed by atoms with van der Waals surface area (Å²) >= 11 is 7.10. The van der Waals surface area contributed by atoms with Crippen molar-refractivity contribution in [2.75, 3.05) is 7.11 Å². The third-order valence-electron chi connectivity index (χ3n) is 2.98. The summed E-state index contributed by atoms with van der Waals surface area (Å²) in [5.74, 6) is 0.399. The van der Waals surface area contributed by atoms with Gasteiger partial charge in [0.1, 0.15) is 11.6 Å². The van der Waals surface area contributed by atoms with Crippen LogP contribution in [0.4, 0.5) is 4.39 Å². The molecule has 100 valence electrons. The van der Waals surface area contributed by atoms with E-state index in [0.717, 1.165) is 21.2 Å². The lowest BCUT2D eigenvalue weighted by Crippen LogP contribution is -2.00. The van der Waals surface area contributed by atoms with Crippen molar-refractivity contribution in [2.45, 2.75) is 11.8 Å². The summed E-state index contributed by atoms with van der Waals surface area (Å²) in [5, 5.41) is 0. The number of hydrogen-bond donors (Lipinski definition) is 0. The molecule has 0 fully saturated rings. The van der Waals surface area contributed by atoms with E-state index in [1.165, 1.54) is 12.1 Å². The molecule has 2 aromatic carbocycles. The van der Waals surface area contributed by atoms with Gasteiger partial charge in [-0.25, -0.2) is 4.39 Å². The van der Waals surface area contributed by atoms with E-state index in [2.05, 4.69) is 31.9 Å². The highest BCUT2D eigenvalue weighted by Gasteiger charge is 2.18. The molecule has 2 rings (SSSR count). The smallest absolute Gasteiger partial charge is 0.123 e. The van der Waals surface area contributed by atoms with Crippen LogP contribution in [0.25, 0.3) is 0 Å². The second kappa shape index (κ2) is 6.06. The van der Waals surface area contributed by atoms with Crippen molar-refractivity contribution in [3.05, 3.63) is 63.4 Å². The molecule has 0 aliphatic rings. The Labute approximate surface area is 129 Å². The monoisotopic (exact) mass is 386 g/mol. The fraction of sp³-hybridized carbons (Fsp3) is 0.200. The van der Waals surface area contributed by atoms with Crippen molar-refractivity contribution >= 4 is 31.9 Å². The van der Waals surface area contributed by atoms with Gasteiger partial charge in [0.05, 0.1) is 11.9 Å². The zero-order chi connectivity index (χ0) is 14.0. The average Bonchev–Trinajstić information content (AvgIpc) is 2.40. The van der Waals surface area contributed by atoms with Gasteiger partial charge < -0.3 is 4.74 Å². The molecule has 0 saturated carbocycles. The van der Waals surface area contributed by atoms with E-state index >= 15 is 0 Å². The quantitative estimate of drug-likeness (QED) is 0.641. The van der Waals surface area contributed by atoms with Gasteiger partial charge in [0, 0.05) is 10.0 Å². The Morgan fingerprint density at radius 1 is 1.11 bits per heavy atom. The molecule has 0 saturated heterocycles. The van der Waals surface area contributed by atoms with Gasteiger partial charge in [-0.2, -0.15) is 0 Å². The molecule has 0 spiro atoms. The predicted molar refractivity (Wildman–Crippen MR) is 82.6 cm³/mol. The van der Waals surface area contributed by atoms with E-state index in [0.29, 0.717) is 5.75 Å². The molecule has 1 unspecified atom stereocenters. The van der Waals surface area contributed by atoms with E-state index in [4.69, 9.17) is 4.74 Å². The number of aryl methyl sites for hydroxylation is 1. The maximum absolute atomic E-state index is 13.5. The Bertz CT molecular complexity index is 599. The maximum atomic E-state index is 13.5. The topological polar surface area (TPSA) is 9.23 Å².